The van der Waals surface area contributed by atoms with E-state index in [-0.39, 0.29) is 63.4 Å². The van der Waals surface area contributed by atoms with Gasteiger partial charge in [-0.15, -0.1) is 5.10 Å². The Bertz CT molecular complexity index is 188. The van der Waals surface area contributed by atoms with Gasteiger partial charge in [-0.05, 0) is 19.1 Å². The fourth-order valence-corrected chi connectivity index (χ4v) is 1.32. The van der Waals surface area contributed by atoms with Crippen molar-refractivity contribution < 1.29 is 56.5 Å². The summed E-state index contributed by atoms with van der Waals surface area (Å²) < 4.78 is 0. The quantitative estimate of drug-likeness (QED) is 0.121. The number of nitrogens with two attached hydrogens (primary N) is 3. The van der Waals surface area contributed by atoms with Crippen molar-refractivity contribution in [1.82, 2.24) is 4.90 Å². The largest absolute Gasteiger partial charge is 1.00 e. The summed E-state index contributed by atoms with van der Waals surface area (Å²) in [6, 6.07) is -0.376. The first-order valence-electron chi connectivity index (χ1n) is 3.88. The third-order valence-corrected chi connectivity index (χ3v) is 2.04. The van der Waals surface area contributed by atoms with Crippen LogP contribution in [0.25, 0.3) is 0 Å². The Morgan fingerprint density at radius 3 is 2.69 bits per heavy atom. The van der Waals surface area contributed by atoms with E-state index in [1.54, 1.807) is 0 Å². The van der Waals surface area contributed by atoms with Crippen molar-refractivity contribution in [2.24, 2.45) is 22.4 Å². The van der Waals surface area contributed by atoms with Crippen molar-refractivity contribution in [2.75, 3.05) is 6.54 Å². The predicted molar refractivity (Wildman–Crippen MR) is 43.5 cm³/mol. The Morgan fingerprint density at radius 2 is 2.15 bits per heavy atom. The van der Waals surface area contributed by atoms with E-state index in [9.17, 15) is 5.11 Å². The summed E-state index contributed by atoms with van der Waals surface area (Å²) in [5.74, 6) is 5.03. The number of guanidine groups is 1. The van der Waals surface area contributed by atoms with Gasteiger partial charge in [-0.25, -0.2) is 0 Å². The van der Waals surface area contributed by atoms with Crippen LogP contribution in [0.5, 0.6) is 0 Å². The zero-order chi connectivity index (χ0) is 9.14. The zero-order valence-corrected chi connectivity index (χ0v) is 10.9. The molecule has 7 heteroatoms. The van der Waals surface area contributed by atoms with Gasteiger partial charge in [0.1, 0.15) is 0 Å². The van der Waals surface area contributed by atoms with E-state index in [1.807, 2.05) is 0 Å². The first-order valence-corrected chi connectivity index (χ1v) is 3.88. The summed E-state index contributed by atoms with van der Waals surface area (Å²) in [7, 11) is 0. The minimum absolute atomic E-state index is 0. The molecule has 13 heavy (non-hydrogen) atoms. The van der Waals surface area contributed by atoms with Crippen LogP contribution in [-0.4, -0.2) is 29.7 Å². The number of piperidine rings is 1. The van der Waals surface area contributed by atoms with Gasteiger partial charge in [-0.3, -0.25) is 0 Å². The third-order valence-electron chi connectivity index (χ3n) is 2.04. The molecule has 6 N–H and O–H groups in total. The molecule has 0 aromatic heterocycles. The number of likely N-dealkylation sites (tertiary alicyclic amines) is 1. The monoisotopic (exact) mass is 211 g/mol. The van der Waals surface area contributed by atoms with Gasteiger partial charge in [-0.1, -0.05) is 0 Å². The summed E-state index contributed by atoms with van der Waals surface area (Å²) in [6.07, 6.45) is 0.588. The minimum Gasteiger partial charge on any atom is -0.835 e. The Kier molecular flexibility index (Phi) is 6.47. The van der Waals surface area contributed by atoms with Crippen molar-refractivity contribution in [3.63, 3.8) is 0 Å². The molecule has 1 heterocycles. The minimum atomic E-state index is -1.01. The number of hydrazone groups is 1. The van der Waals surface area contributed by atoms with Gasteiger partial charge >= 0.3 is 51.4 Å². The molecule has 1 aliphatic heterocycles. The Labute approximate surface area is 120 Å². The number of rotatable bonds is 0. The molecule has 0 aromatic rings. The van der Waals surface area contributed by atoms with Crippen LogP contribution >= 0.6 is 0 Å². The van der Waals surface area contributed by atoms with Crippen LogP contribution in [0.3, 0.4) is 0 Å². The molecule has 0 amide bonds. The summed E-state index contributed by atoms with van der Waals surface area (Å²) in [5.41, 5.74) is 11.0. The van der Waals surface area contributed by atoms with E-state index in [4.69, 9.17) is 17.3 Å². The summed E-state index contributed by atoms with van der Waals surface area (Å²) in [5, 5.41) is 14.7. The molecule has 2 unspecified atom stereocenters. The van der Waals surface area contributed by atoms with Crippen LogP contribution in [0.1, 0.15) is 12.8 Å². The molecule has 1 saturated heterocycles. The smallest absolute Gasteiger partial charge is 0.835 e. The first kappa shape index (κ1) is 13.6. The summed E-state index contributed by atoms with van der Waals surface area (Å²) in [6.45, 7) is 0.592. The maximum atomic E-state index is 11.4. The van der Waals surface area contributed by atoms with E-state index in [0.717, 1.165) is 12.8 Å². The molecule has 1 rings (SSSR count). The molecule has 0 saturated carbocycles. The van der Waals surface area contributed by atoms with E-state index < -0.39 is 6.23 Å². The number of hydrogen-bond acceptors (Lipinski definition) is 4. The number of nitrogens with zero attached hydrogens (tertiary/aromatic N) is 2. The van der Waals surface area contributed by atoms with Gasteiger partial charge in [0.15, 0.2) is 0 Å². The molecule has 0 bridgehead atoms. The van der Waals surface area contributed by atoms with Gasteiger partial charge in [0.2, 0.25) is 5.96 Å². The Balaban J connectivity index is 0.00000144. The van der Waals surface area contributed by atoms with Crippen LogP contribution < -0.4 is 73.8 Å². The average molecular weight is 211 g/mol. The van der Waals surface area contributed by atoms with Crippen molar-refractivity contribution in [3.8, 4) is 0 Å². The maximum Gasteiger partial charge on any atom is 1.00 e. The molecule has 0 radical (unpaired) electrons. The summed E-state index contributed by atoms with van der Waals surface area (Å²) >= 11 is 0. The topological polar surface area (TPSA) is 117 Å². The normalized spacial score (nSPS) is 29.7. The van der Waals surface area contributed by atoms with E-state index in [0.29, 0.717) is 6.54 Å². The van der Waals surface area contributed by atoms with Gasteiger partial charge in [0, 0.05) is 12.6 Å². The second kappa shape index (κ2) is 6.17. The van der Waals surface area contributed by atoms with Crippen LogP contribution in [0.15, 0.2) is 5.10 Å². The van der Waals surface area contributed by atoms with Crippen LogP contribution in [0.2, 0.25) is 0 Å². The van der Waals surface area contributed by atoms with Crippen LogP contribution in [-0.2, 0) is 0 Å². The van der Waals surface area contributed by atoms with Crippen LogP contribution in [0.4, 0.5) is 0 Å². The molecule has 0 aromatic carbocycles. The molecule has 0 aliphatic carbocycles. The SMILES string of the molecule is N/N=C(\N)N1CCCC(N)C1[O-].[K+]. The standard InChI is InChI=1S/C6H14N5O.K/c7-4-2-1-3-11(5(4)12)6(8)10-9;/h4-5H,1-3,7,9H2,(H2,8,10);/q-1;+1. The fraction of sp³-hybridized carbons (Fsp3) is 0.833. The van der Waals surface area contributed by atoms with E-state index in [2.05, 4.69) is 5.10 Å². The molecule has 6 nitrogen and oxygen atoms in total. The second-order valence-corrected chi connectivity index (χ2v) is 2.88. The molecule has 1 aliphatic rings. The molecule has 2 atom stereocenters. The molecule has 0 spiro atoms. The van der Waals surface area contributed by atoms with Gasteiger partial charge in [0.05, 0.1) is 0 Å². The average Bonchev–Trinajstić information content (AvgIpc) is 2.08. The van der Waals surface area contributed by atoms with Crippen molar-refractivity contribution in [2.45, 2.75) is 25.1 Å². The van der Waals surface area contributed by atoms with Gasteiger partial charge in [0.25, 0.3) is 0 Å². The maximum absolute atomic E-state index is 11.4. The van der Waals surface area contributed by atoms with Gasteiger partial charge < -0.3 is 27.3 Å². The summed E-state index contributed by atoms with van der Waals surface area (Å²) in [4.78, 5) is 1.40. The predicted octanol–water partition coefficient (Wildman–Crippen LogP) is -5.71. The second-order valence-electron chi connectivity index (χ2n) is 2.88. The molecule has 70 valence electrons. The van der Waals surface area contributed by atoms with E-state index >= 15 is 0 Å². The third kappa shape index (κ3) is 3.35. The molecule has 1 fully saturated rings. The van der Waals surface area contributed by atoms with E-state index in [1.165, 1.54) is 4.90 Å². The first-order chi connectivity index (χ1) is 5.66. The van der Waals surface area contributed by atoms with Crippen molar-refractivity contribution in [3.05, 3.63) is 0 Å². The Hall–Kier alpha value is 0.626. The van der Waals surface area contributed by atoms with Crippen LogP contribution in [0, 0.1) is 0 Å². The molecular weight excluding hydrogens is 197 g/mol. The number of hydrogen-bond donors (Lipinski definition) is 3. The Morgan fingerprint density at radius 1 is 1.54 bits per heavy atom. The molecular formula is C6H14KN5O. The van der Waals surface area contributed by atoms with Crippen molar-refractivity contribution >= 4 is 5.96 Å². The zero-order valence-electron chi connectivity index (χ0n) is 7.81. The van der Waals surface area contributed by atoms with Crippen molar-refractivity contribution in [1.29, 1.82) is 0 Å². The van der Waals surface area contributed by atoms with Gasteiger partial charge in [-0.2, -0.15) is 0 Å². The fourth-order valence-electron chi connectivity index (χ4n) is 1.32.